The molecule has 4 N–H and O–H groups in total. The topological polar surface area (TPSA) is 110 Å². The molecule has 1 unspecified atom stereocenters. The van der Waals surface area contributed by atoms with Crippen LogP contribution in [0.5, 0.6) is 0 Å². The third-order valence-electron chi connectivity index (χ3n) is 3.26. The van der Waals surface area contributed by atoms with Gasteiger partial charge in [0.2, 0.25) is 0 Å². The van der Waals surface area contributed by atoms with E-state index in [-0.39, 0.29) is 11.9 Å². The predicted octanol–water partition coefficient (Wildman–Crippen LogP) is 1.43. The number of rotatable bonds is 3. The second-order valence-corrected chi connectivity index (χ2v) is 4.75. The van der Waals surface area contributed by atoms with Crippen molar-refractivity contribution in [2.24, 2.45) is 0 Å². The molecule has 3 rings (SSSR count). The fourth-order valence-electron chi connectivity index (χ4n) is 2.15. The predicted molar refractivity (Wildman–Crippen MR) is 78.4 cm³/mol. The van der Waals surface area contributed by atoms with Gasteiger partial charge < -0.3 is 11.1 Å². The Kier molecular flexibility index (Phi) is 3.23. The van der Waals surface area contributed by atoms with E-state index in [9.17, 15) is 4.79 Å². The summed E-state index contributed by atoms with van der Waals surface area (Å²) in [5, 5.41) is 18.3. The molecule has 1 heterocycles. The number of aromatic amines is 1. The summed E-state index contributed by atoms with van der Waals surface area (Å²) in [5.74, 6) is 0.151. The van der Waals surface area contributed by atoms with Gasteiger partial charge in [-0.1, -0.05) is 29.5 Å². The van der Waals surface area contributed by atoms with E-state index in [1.165, 1.54) is 0 Å². The minimum Gasteiger partial charge on any atom is -0.398 e. The van der Waals surface area contributed by atoms with Crippen LogP contribution >= 0.6 is 0 Å². The van der Waals surface area contributed by atoms with Crippen molar-refractivity contribution in [3.8, 4) is 0 Å². The van der Waals surface area contributed by atoms with E-state index in [4.69, 9.17) is 5.73 Å². The molecule has 0 aliphatic rings. The van der Waals surface area contributed by atoms with E-state index < -0.39 is 0 Å². The highest BCUT2D eigenvalue weighted by molar-refractivity contribution is 6.04. The van der Waals surface area contributed by atoms with E-state index in [0.29, 0.717) is 17.1 Å². The number of amides is 1. The third-order valence-corrected chi connectivity index (χ3v) is 3.26. The average molecular weight is 282 g/mol. The largest absolute Gasteiger partial charge is 0.398 e. The molecule has 0 bridgehead atoms. The van der Waals surface area contributed by atoms with Gasteiger partial charge in [0.25, 0.3) is 5.91 Å². The molecule has 106 valence electrons. The van der Waals surface area contributed by atoms with Gasteiger partial charge in [0.15, 0.2) is 5.82 Å². The lowest BCUT2D eigenvalue weighted by molar-refractivity contribution is 0.0939. The minimum atomic E-state index is -0.359. The van der Waals surface area contributed by atoms with E-state index in [0.717, 1.165) is 10.8 Å². The van der Waals surface area contributed by atoms with Gasteiger partial charge in [-0.25, -0.2) is 0 Å². The number of hydrogen-bond acceptors (Lipinski definition) is 5. The molecule has 2 aromatic carbocycles. The number of fused-ring (bicyclic) bond motifs is 1. The zero-order valence-corrected chi connectivity index (χ0v) is 11.4. The van der Waals surface area contributed by atoms with E-state index in [2.05, 4.69) is 25.9 Å². The van der Waals surface area contributed by atoms with Gasteiger partial charge in [-0.3, -0.25) is 4.79 Å². The molecular weight excluding hydrogens is 268 g/mol. The second-order valence-electron chi connectivity index (χ2n) is 4.75. The number of benzene rings is 2. The standard InChI is InChI=1S/C14H14N6O/c1-8(13-17-19-20-18-13)16-14(21)11-6-9-4-2-3-5-10(9)7-12(11)15/h2-8H,15H2,1H3,(H,16,21)(H,17,18,19,20). The highest BCUT2D eigenvalue weighted by atomic mass is 16.1. The summed E-state index contributed by atoms with van der Waals surface area (Å²) < 4.78 is 0. The Hall–Kier alpha value is -2.96. The van der Waals surface area contributed by atoms with Crippen molar-refractivity contribution >= 4 is 22.4 Å². The summed E-state index contributed by atoms with van der Waals surface area (Å²) in [6.07, 6.45) is 0. The lowest BCUT2D eigenvalue weighted by atomic mass is 10.0. The number of carbonyl (C=O) groups excluding carboxylic acids is 1. The zero-order valence-electron chi connectivity index (χ0n) is 11.4. The number of carbonyl (C=O) groups is 1. The van der Waals surface area contributed by atoms with Gasteiger partial charge in [-0.2, -0.15) is 5.21 Å². The first kappa shape index (κ1) is 13.0. The summed E-state index contributed by atoms with van der Waals surface area (Å²) in [7, 11) is 0. The average Bonchev–Trinajstić information content (AvgIpc) is 3.00. The Labute approximate surface area is 120 Å². The summed E-state index contributed by atoms with van der Waals surface area (Å²) in [6.45, 7) is 1.78. The molecular formula is C14H14N6O. The number of nitrogen functional groups attached to an aromatic ring is 1. The number of H-pyrrole nitrogens is 1. The fraction of sp³-hybridized carbons (Fsp3) is 0.143. The van der Waals surface area contributed by atoms with Crippen LogP contribution in [0.25, 0.3) is 10.8 Å². The lowest BCUT2D eigenvalue weighted by Crippen LogP contribution is -2.28. The fourth-order valence-corrected chi connectivity index (χ4v) is 2.15. The van der Waals surface area contributed by atoms with Crippen LogP contribution in [0.4, 0.5) is 5.69 Å². The van der Waals surface area contributed by atoms with Crippen LogP contribution in [0.1, 0.15) is 29.1 Å². The smallest absolute Gasteiger partial charge is 0.253 e. The van der Waals surface area contributed by atoms with Crippen LogP contribution in [0.15, 0.2) is 36.4 Å². The Morgan fingerprint density at radius 1 is 1.29 bits per heavy atom. The van der Waals surface area contributed by atoms with Crippen molar-refractivity contribution in [1.29, 1.82) is 0 Å². The molecule has 0 spiro atoms. The second kappa shape index (κ2) is 5.20. The maximum Gasteiger partial charge on any atom is 0.253 e. The Bertz CT molecular complexity index is 783. The van der Waals surface area contributed by atoms with Gasteiger partial charge in [-0.15, -0.1) is 10.2 Å². The van der Waals surface area contributed by atoms with Gasteiger partial charge in [0, 0.05) is 5.69 Å². The first-order valence-corrected chi connectivity index (χ1v) is 6.47. The van der Waals surface area contributed by atoms with Crippen molar-refractivity contribution in [2.75, 3.05) is 5.73 Å². The number of tetrazole rings is 1. The molecule has 0 fully saturated rings. The summed E-state index contributed by atoms with van der Waals surface area (Å²) >= 11 is 0. The van der Waals surface area contributed by atoms with Gasteiger partial charge in [0.05, 0.1) is 11.6 Å². The Balaban J connectivity index is 1.89. The number of aromatic nitrogens is 4. The molecule has 0 radical (unpaired) electrons. The molecule has 1 atom stereocenters. The first-order valence-electron chi connectivity index (χ1n) is 6.47. The monoisotopic (exact) mass is 282 g/mol. The van der Waals surface area contributed by atoms with Crippen molar-refractivity contribution < 1.29 is 4.79 Å². The molecule has 0 aliphatic carbocycles. The van der Waals surface area contributed by atoms with Crippen LogP contribution in [-0.2, 0) is 0 Å². The maximum absolute atomic E-state index is 12.3. The molecule has 21 heavy (non-hydrogen) atoms. The number of nitrogens with one attached hydrogen (secondary N) is 2. The highest BCUT2D eigenvalue weighted by Gasteiger charge is 2.17. The van der Waals surface area contributed by atoms with Crippen LogP contribution in [0.3, 0.4) is 0 Å². The van der Waals surface area contributed by atoms with Crippen LogP contribution in [-0.4, -0.2) is 26.5 Å². The van der Waals surface area contributed by atoms with E-state index in [1.54, 1.807) is 19.1 Å². The Morgan fingerprint density at radius 2 is 2.00 bits per heavy atom. The maximum atomic E-state index is 12.3. The SMILES string of the molecule is CC(NC(=O)c1cc2ccccc2cc1N)c1nn[nH]n1. The third kappa shape index (κ3) is 2.53. The van der Waals surface area contributed by atoms with Crippen molar-refractivity contribution in [2.45, 2.75) is 13.0 Å². The minimum absolute atomic E-state index is 0.268. The highest BCUT2D eigenvalue weighted by Crippen LogP contribution is 2.22. The summed E-state index contributed by atoms with van der Waals surface area (Å²) in [6, 6.07) is 11.0. The first-order chi connectivity index (χ1) is 10.1. The van der Waals surface area contributed by atoms with Crippen molar-refractivity contribution in [1.82, 2.24) is 25.9 Å². The van der Waals surface area contributed by atoms with Crippen LogP contribution < -0.4 is 11.1 Å². The number of nitrogens with two attached hydrogens (primary N) is 1. The quantitative estimate of drug-likeness (QED) is 0.629. The number of hydrogen-bond donors (Lipinski definition) is 3. The normalized spacial score (nSPS) is 12.2. The van der Waals surface area contributed by atoms with Gasteiger partial charge >= 0.3 is 0 Å². The summed E-state index contributed by atoms with van der Waals surface area (Å²) in [5.41, 5.74) is 6.84. The Morgan fingerprint density at radius 3 is 2.67 bits per heavy atom. The van der Waals surface area contributed by atoms with Gasteiger partial charge in [-0.05, 0) is 29.8 Å². The molecule has 0 saturated heterocycles. The van der Waals surface area contributed by atoms with E-state index in [1.807, 2.05) is 24.3 Å². The van der Waals surface area contributed by atoms with E-state index >= 15 is 0 Å². The number of nitrogens with zero attached hydrogens (tertiary/aromatic N) is 3. The molecule has 7 heteroatoms. The van der Waals surface area contributed by atoms with Crippen molar-refractivity contribution in [3.63, 3.8) is 0 Å². The molecule has 1 aromatic heterocycles. The van der Waals surface area contributed by atoms with Gasteiger partial charge in [0.1, 0.15) is 0 Å². The lowest BCUT2D eigenvalue weighted by Gasteiger charge is -2.12. The molecule has 1 amide bonds. The van der Waals surface area contributed by atoms with Crippen LogP contribution in [0.2, 0.25) is 0 Å². The molecule has 0 aliphatic heterocycles. The van der Waals surface area contributed by atoms with Crippen LogP contribution in [0, 0.1) is 0 Å². The zero-order chi connectivity index (χ0) is 14.8. The molecule has 7 nitrogen and oxygen atoms in total. The summed E-state index contributed by atoms with van der Waals surface area (Å²) in [4.78, 5) is 12.3. The van der Waals surface area contributed by atoms with Crippen molar-refractivity contribution in [3.05, 3.63) is 47.8 Å². The molecule has 0 saturated carbocycles. The number of anilines is 1. The molecule has 3 aromatic rings.